The highest BCUT2D eigenvalue weighted by molar-refractivity contribution is 5.12. The Balaban J connectivity index is 4.10. The largest absolute Gasteiger partial charge is 0.0888 e. The lowest BCUT2D eigenvalue weighted by Crippen LogP contribution is -1.97. The topological polar surface area (TPSA) is 0 Å². The van der Waals surface area contributed by atoms with Crippen LogP contribution in [0.25, 0.3) is 0 Å². The third-order valence-electron chi connectivity index (χ3n) is 2.83. The number of hydrogen-bond donors (Lipinski definition) is 0. The molecule has 0 saturated heterocycles. The van der Waals surface area contributed by atoms with Gasteiger partial charge in [-0.2, -0.15) is 0 Å². The monoisotopic (exact) mass is 180 g/mol. The van der Waals surface area contributed by atoms with Crippen LogP contribution in [0.5, 0.6) is 0 Å². The van der Waals surface area contributed by atoms with E-state index in [1.807, 2.05) is 0 Å². The average Bonchev–Trinajstić information content (AvgIpc) is 2.15. The van der Waals surface area contributed by atoms with Crippen molar-refractivity contribution < 1.29 is 0 Å². The van der Waals surface area contributed by atoms with Gasteiger partial charge in [0.1, 0.15) is 0 Å². The van der Waals surface area contributed by atoms with Crippen molar-refractivity contribution in [3.8, 4) is 0 Å². The van der Waals surface area contributed by atoms with Gasteiger partial charge in [-0.25, -0.2) is 0 Å². The minimum Gasteiger partial charge on any atom is -0.0888 e. The molecule has 0 aromatic heterocycles. The Morgan fingerprint density at radius 3 is 2.23 bits per heavy atom. The van der Waals surface area contributed by atoms with Crippen molar-refractivity contribution in [1.29, 1.82) is 0 Å². The molecule has 0 spiro atoms. The number of allylic oxidation sites excluding steroid dienone is 4. The molecule has 0 aromatic rings. The van der Waals surface area contributed by atoms with Gasteiger partial charge in [0.05, 0.1) is 0 Å². The van der Waals surface area contributed by atoms with E-state index in [4.69, 9.17) is 0 Å². The molecule has 0 nitrogen and oxygen atoms in total. The zero-order valence-electron chi connectivity index (χ0n) is 9.85. The summed E-state index contributed by atoms with van der Waals surface area (Å²) in [7, 11) is 0. The molecule has 0 bridgehead atoms. The molecular formula is C13H24. The van der Waals surface area contributed by atoms with E-state index < -0.39 is 0 Å². The van der Waals surface area contributed by atoms with Crippen molar-refractivity contribution in [2.75, 3.05) is 0 Å². The SMILES string of the molecule is CCC=CCC(C)C(C)=C(C)CC. The molecule has 0 aliphatic heterocycles. The van der Waals surface area contributed by atoms with Crippen molar-refractivity contribution in [2.24, 2.45) is 5.92 Å². The van der Waals surface area contributed by atoms with Gasteiger partial charge < -0.3 is 0 Å². The maximum atomic E-state index is 2.31. The molecule has 0 heteroatoms. The van der Waals surface area contributed by atoms with Crippen LogP contribution >= 0.6 is 0 Å². The molecule has 0 amide bonds. The molecule has 0 aliphatic rings. The van der Waals surface area contributed by atoms with E-state index in [1.54, 1.807) is 11.1 Å². The Labute approximate surface area is 83.7 Å². The van der Waals surface area contributed by atoms with Crippen LogP contribution in [0, 0.1) is 5.92 Å². The second-order valence-corrected chi connectivity index (χ2v) is 3.83. The molecule has 0 aliphatic carbocycles. The first-order valence-corrected chi connectivity index (χ1v) is 5.44. The van der Waals surface area contributed by atoms with Gasteiger partial charge in [0.15, 0.2) is 0 Å². The maximum Gasteiger partial charge on any atom is -0.0197 e. The van der Waals surface area contributed by atoms with Crippen molar-refractivity contribution in [2.45, 2.75) is 53.9 Å². The number of rotatable bonds is 5. The van der Waals surface area contributed by atoms with E-state index in [0.717, 1.165) is 6.42 Å². The normalized spacial score (nSPS) is 16.1. The summed E-state index contributed by atoms with van der Waals surface area (Å²) in [5.41, 5.74) is 3.13. The summed E-state index contributed by atoms with van der Waals surface area (Å²) < 4.78 is 0. The summed E-state index contributed by atoms with van der Waals surface area (Å²) in [5, 5.41) is 0. The van der Waals surface area contributed by atoms with E-state index in [0.29, 0.717) is 5.92 Å². The van der Waals surface area contributed by atoms with Gasteiger partial charge in [-0.3, -0.25) is 0 Å². The predicted octanol–water partition coefficient (Wildman–Crippen LogP) is 4.73. The minimum absolute atomic E-state index is 0.711. The summed E-state index contributed by atoms with van der Waals surface area (Å²) in [6.45, 7) is 11.2. The van der Waals surface area contributed by atoms with Gasteiger partial charge in [0.25, 0.3) is 0 Å². The van der Waals surface area contributed by atoms with Gasteiger partial charge in [-0.05, 0) is 39.0 Å². The Morgan fingerprint density at radius 1 is 1.15 bits per heavy atom. The summed E-state index contributed by atoms with van der Waals surface area (Å²) >= 11 is 0. The molecule has 0 N–H and O–H groups in total. The average molecular weight is 180 g/mol. The third-order valence-corrected chi connectivity index (χ3v) is 2.83. The van der Waals surface area contributed by atoms with Crippen molar-refractivity contribution in [1.82, 2.24) is 0 Å². The van der Waals surface area contributed by atoms with Crippen LogP contribution in [-0.2, 0) is 0 Å². The molecule has 0 aromatic carbocycles. The van der Waals surface area contributed by atoms with E-state index in [-0.39, 0.29) is 0 Å². The Morgan fingerprint density at radius 2 is 1.77 bits per heavy atom. The Bertz CT molecular complexity index is 184. The van der Waals surface area contributed by atoms with Crippen LogP contribution in [0.2, 0.25) is 0 Å². The second kappa shape index (κ2) is 6.94. The summed E-state index contributed by atoms with van der Waals surface area (Å²) in [6.07, 6.45) is 8.09. The standard InChI is InChI=1S/C13H24/c1-6-8-9-10-12(4)13(5)11(3)7-2/h8-9,12H,6-7,10H2,1-5H3. The minimum atomic E-state index is 0.711. The lowest BCUT2D eigenvalue weighted by atomic mass is 9.94. The van der Waals surface area contributed by atoms with Crippen LogP contribution in [0.15, 0.2) is 23.3 Å². The van der Waals surface area contributed by atoms with Crippen LogP contribution in [0.3, 0.4) is 0 Å². The summed E-state index contributed by atoms with van der Waals surface area (Å²) in [5.74, 6) is 0.711. The van der Waals surface area contributed by atoms with Crippen molar-refractivity contribution in [3.05, 3.63) is 23.3 Å². The fourth-order valence-corrected chi connectivity index (χ4v) is 1.34. The van der Waals surface area contributed by atoms with E-state index in [2.05, 4.69) is 46.8 Å². The molecule has 0 radical (unpaired) electrons. The first-order valence-electron chi connectivity index (χ1n) is 5.44. The molecular weight excluding hydrogens is 156 g/mol. The fourth-order valence-electron chi connectivity index (χ4n) is 1.34. The molecule has 1 unspecified atom stereocenters. The predicted molar refractivity (Wildman–Crippen MR) is 61.9 cm³/mol. The maximum absolute atomic E-state index is 2.31. The molecule has 0 fully saturated rings. The summed E-state index contributed by atoms with van der Waals surface area (Å²) in [4.78, 5) is 0. The molecule has 0 heterocycles. The Kier molecular flexibility index (Phi) is 6.66. The van der Waals surface area contributed by atoms with Gasteiger partial charge in [-0.1, -0.05) is 44.1 Å². The van der Waals surface area contributed by atoms with E-state index in [9.17, 15) is 0 Å². The molecule has 13 heavy (non-hydrogen) atoms. The van der Waals surface area contributed by atoms with Crippen molar-refractivity contribution in [3.63, 3.8) is 0 Å². The van der Waals surface area contributed by atoms with Gasteiger partial charge in [0.2, 0.25) is 0 Å². The molecule has 1 atom stereocenters. The van der Waals surface area contributed by atoms with Crippen LogP contribution in [0.1, 0.15) is 53.9 Å². The molecule has 76 valence electrons. The molecule has 0 saturated carbocycles. The first-order chi connectivity index (χ1) is 6.13. The van der Waals surface area contributed by atoms with Crippen LogP contribution < -0.4 is 0 Å². The van der Waals surface area contributed by atoms with Gasteiger partial charge in [0, 0.05) is 0 Å². The molecule has 0 rings (SSSR count). The lowest BCUT2D eigenvalue weighted by molar-refractivity contribution is 0.679. The van der Waals surface area contributed by atoms with Crippen molar-refractivity contribution >= 4 is 0 Å². The van der Waals surface area contributed by atoms with Crippen LogP contribution in [0.4, 0.5) is 0 Å². The van der Waals surface area contributed by atoms with E-state index >= 15 is 0 Å². The highest BCUT2D eigenvalue weighted by atomic mass is 14.1. The highest BCUT2D eigenvalue weighted by Crippen LogP contribution is 2.20. The smallest absolute Gasteiger partial charge is 0.0197 e. The summed E-state index contributed by atoms with van der Waals surface area (Å²) in [6, 6.07) is 0. The second-order valence-electron chi connectivity index (χ2n) is 3.83. The fraction of sp³-hybridized carbons (Fsp3) is 0.692. The zero-order chi connectivity index (χ0) is 10.3. The van der Waals surface area contributed by atoms with Gasteiger partial charge in [-0.15, -0.1) is 0 Å². The zero-order valence-corrected chi connectivity index (χ0v) is 9.85. The van der Waals surface area contributed by atoms with Gasteiger partial charge >= 0.3 is 0 Å². The first kappa shape index (κ1) is 12.5. The number of hydrogen-bond acceptors (Lipinski definition) is 0. The van der Waals surface area contributed by atoms with Crippen LogP contribution in [-0.4, -0.2) is 0 Å². The quantitative estimate of drug-likeness (QED) is 0.537. The third kappa shape index (κ3) is 4.92. The lowest BCUT2D eigenvalue weighted by Gasteiger charge is -2.12. The highest BCUT2D eigenvalue weighted by Gasteiger charge is 2.03. The Hall–Kier alpha value is -0.520. The van der Waals surface area contributed by atoms with E-state index in [1.165, 1.54) is 12.8 Å².